The van der Waals surface area contributed by atoms with Crippen LogP contribution in [0.5, 0.6) is 0 Å². The van der Waals surface area contributed by atoms with Gasteiger partial charge in [-0.3, -0.25) is 14.3 Å². The van der Waals surface area contributed by atoms with E-state index in [9.17, 15) is 18.0 Å². The molecule has 0 saturated heterocycles. The quantitative estimate of drug-likeness (QED) is 0.439. The maximum absolute atomic E-state index is 13.9. The highest BCUT2D eigenvalue weighted by Crippen LogP contribution is 2.35. The summed E-state index contributed by atoms with van der Waals surface area (Å²) in [5.74, 6) is -0.345. The molecule has 3 aromatic rings. The minimum Gasteiger partial charge on any atom is -0.331 e. The molecule has 3 heterocycles. The van der Waals surface area contributed by atoms with Crippen LogP contribution < -0.4 is 0 Å². The van der Waals surface area contributed by atoms with Crippen LogP contribution in [-0.2, 0) is 22.8 Å². The van der Waals surface area contributed by atoms with E-state index in [4.69, 9.17) is 28.3 Å². The highest BCUT2D eigenvalue weighted by Gasteiger charge is 2.40. The van der Waals surface area contributed by atoms with Gasteiger partial charge in [0.25, 0.3) is 11.8 Å². The molecule has 0 spiro atoms. The van der Waals surface area contributed by atoms with Crippen molar-refractivity contribution in [2.24, 2.45) is 0 Å². The number of nitrogens with zero attached hydrogens (tertiary/aromatic N) is 4. The van der Waals surface area contributed by atoms with Crippen molar-refractivity contribution in [3.8, 4) is 0 Å². The average molecular weight is 576 g/mol. The number of halogens is 2. The van der Waals surface area contributed by atoms with E-state index in [1.165, 1.54) is 6.26 Å². The standard InChI is InChI=1S/C27H28Cl2N4O4S/c1-15-11-24-21(14-31(15)26(34)19-7-10-22(28)23(29)12-19)25-27(35)32(13-16(2)33(25)30-24)17(3)18-5-8-20(9-6-18)38(4,36)37/h5-10,12,15-17H,11,13-14H2,1-4H3/t15-,16-,17+/m1/s1. The fourth-order valence-electron chi connectivity index (χ4n) is 5.26. The molecule has 2 aromatic carbocycles. The van der Waals surface area contributed by atoms with Gasteiger partial charge in [-0.1, -0.05) is 35.3 Å². The van der Waals surface area contributed by atoms with Crippen molar-refractivity contribution in [1.29, 1.82) is 0 Å². The van der Waals surface area contributed by atoms with E-state index in [0.717, 1.165) is 16.8 Å². The minimum absolute atomic E-state index is 0.0689. The summed E-state index contributed by atoms with van der Waals surface area (Å²) in [5.41, 5.74) is 3.36. The van der Waals surface area contributed by atoms with Crippen LogP contribution in [0.1, 0.15) is 70.5 Å². The Labute approximate surface area is 232 Å². The Bertz CT molecular complexity index is 1550. The van der Waals surface area contributed by atoms with Crippen LogP contribution >= 0.6 is 23.2 Å². The number of aromatic nitrogens is 2. The van der Waals surface area contributed by atoms with E-state index < -0.39 is 9.84 Å². The first-order valence-corrected chi connectivity index (χ1v) is 15.0. The maximum atomic E-state index is 13.9. The van der Waals surface area contributed by atoms with E-state index in [-0.39, 0.29) is 41.4 Å². The number of hydrogen-bond acceptors (Lipinski definition) is 5. The first-order valence-electron chi connectivity index (χ1n) is 12.3. The molecule has 3 atom stereocenters. The summed E-state index contributed by atoms with van der Waals surface area (Å²) in [6, 6.07) is 11.0. The van der Waals surface area contributed by atoms with E-state index in [0.29, 0.717) is 34.3 Å². The van der Waals surface area contributed by atoms with Gasteiger partial charge >= 0.3 is 0 Å². The number of carbonyl (C=O) groups excluding carboxylic acids is 2. The molecule has 200 valence electrons. The van der Waals surface area contributed by atoms with Gasteiger partial charge in [0.1, 0.15) is 5.69 Å². The SMILES string of the molecule is C[C@@H]1Cc2nn3c(c2CN1C(=O)c1ccc(Cl)c(Cl)c1)C(=O)N([C@@H](C)c1ccc(S(C)(=O)=O)cc1)C[C@H]3C. The van der Waals surface area contributed by atoms with E-state index >= 15 is 0 Å². The zero-order valence-corrected chi connectivity index (χ0v) is 23.8. The van der Waals surface area contributed by atoms with Crippen LogP contribution in [0.15, 0.2) is 47.4 Å². The fraction of sp³-hybridized carbons (Fsp3) is 0.370. The lowest BCUT2D eigenvalue weighted by Gasteiger charge is -2.37. The predicted octanol–water partition coefficient (Wildman–Crippen LogP) is 4.96. The lowest BCUT2D eigenvalue weighted by Crippen LogP contribution is -2.45. The number of carbonyl (C=O) groups is 2. The number of benzene rings is 2. The molecule has 11 heteroatoms. The Balaban J connectivity index is 1.46. The van der Waals surface area contributed by atoms with Gasteiger partial charge in [0.15, 0.2) is 9.84 Å². The van der Waals surface area contributed by atoms with Crippen LogP contribution in [0.25, 0.3) is 0 Å². The molecule has 2 aliphatic heterocycles. The smallest absolute Gasteiger partial charge is 0.273 e. The first-order chi connectivity index (χ1) is 17.9. The third-order valence-electron chi connectivity index (χ3n) is 7.47. The molecule has 8 nitrogen and oxygen atoms in total. The molecule has 2 aliphatic rings. The topological polar surface area (TPSA) is 92.6 Å². The number of amides is 2. The molecule has 0 saturated carbocycles. The largest absolute Gasteiger partial charge is 0.331 e. The normalized spacial score (nSPS) is 20.2. The predicted molar refractivity (Wildman–Crippen MR) is 145 cm³/mol. The summed E-state index contributed by atoms with van der Waals surface area (Å²) >= 11 is 12.2. The van der Waals surface area contributed by atoms with Crippen molar-refractivity contribution in [2.75, 3.05) is 12.8 Å². The van der Waals surface area contributed by atoms with Gasteiger partial charge in [-0.2, -0.15) is 5.10 Å². The van der Waals surface area contributed by atoms with Crippen molar-refractivity contribution in [1.82, 2.24) is 19.6 Å². The molecular weight excluding hydrogens is 547 g/mol. The third-order valence-corrected chi connectivity index (χ3v) is 9.34. The summed E-state index contributed by atoms with van der Waals surface area (Å²) in [6.45, 7) is 6.64. The molecule has 0 aliphatic carbocycles. The van der Waals surface area contributed by atoms with Gasteiger partial charge in [0.2, 0.25) is 0 Å². The van der Waals surface area contributed by atoms with Crippen molar-refractivity contribution < 1.29 is 18.0 Å². The van der Waals surface area contributed by atoms with E-state index in [1.54, 1.807) is 56.9 Å². The number of hydrogen-bond donors (Lipinski definition) is 0. The van der Waals surface area contributed by atoms with E-state index in [2.05, 4.69) is 0 Å². The Morgan fingerprint density at radius 3 is 2.37 bits per heavy atom. The molecule has 0 unspecified atom stereocenters. The second kappa shape index (κ2) is 9.70. The highest BCUT2D eigenvalue weighted by molar-refractivity contribution is 7.90. The number of fused-ring (bicyclic) bond motifs is 3. The molecule has 0 N–H and O–H groups in total. The van der Waals surface area contributed by atoms with Crippen molar-refractivity contribution in [3.63, 3.8) is 0 Å². The molecule has 2 amide bonds. The Kier molecular flexibility index (Phi) is 6.82. The molecule has 0 bridgehead atoms. The van der Waals surface area contributed by atoms with Gasteiger partial charge in [-0.25, -0.2) is 8.42 Å². The molecule has 0 radical (unpaired) electrons. The van der Waals surface area contributed by atoms with Crippen molar-refractivity contribution in [3.05, 3.63) is 80.6 Å². The highest BCUT2D eigenvalue weighted by atomic mass is 35.5. The van der Waals surface area contributed by atoms with Crippen molar-refractivity contribution in [2.45, 2.75) is 56.8 Å². The summed E-state index contributed by atoms with van der Waals surface area (Å²) in [7, 11) is -3.31. The third kappa shape index (κ3) is 4.61. The molecule has 1 aromatic heterocycles. The molecule has 5 rings (SSSR count). The Morgan fingerprint density at radius 2 is 1.74 bits per heavy atom. The van der Waals surface area contributed by atoms with Crippen LogP contribution in [0, 0.1) is 0 Å². The molecule has 38 heavy (non-hydrogen) atoms. The van der Waals surface area contributed by atoms with Crippen LogP contribution in [0.2, 0.25) is 10.0 Å². The second-order valence-electron chi connectivity index (χ2n) is 10.2. The number of rotatable bonds is 4. The zero-order chi connectivity index (χ0) is 27.5. The van der Waals surface area contributed by atoms with Gasteiger partial charge in [-0.05, 0) is 56.7 Å². The van der Waals surface area contributed by atoms with Gasteiger partial charge in [-0.15, -0.1) is 0 Å². The van der Waals surface area contributed by atoms with Gasteiger partial charge in [0.05, 0.1) is 39.3 Å². The van der Waals surface area contributed by atoms with Crippen LogP contribution in [0.3, 0.4) is 0 Å². The first kappa shape index (κ1) is 26.7. The second-order valence-corrected chi connectivity index (χ2v) is 13.0. The lowest BCUT2D eigenvalue weighted by molar-refractivity contribution is 0.0574. The minimum atomic E-state index is -3.31. The fourth-order valence-corrected chi connectivity index (χ4v) is 6.19. The van der Waals surface area contributed by atoms with Gasteiger partial charge < -0.3 is 9.80 Å². The Hall–Kier alpha value is -2.88. The average Bonchev–Trinajstić information content (AvgIpc) is 3.25. The summed E-state index contributed by atoms with van der Waals surface area (Å²) in [6.07, 6.45) is 1.70. The van der Waals surface area contributed by atoms with Crippen LogP contribution in [0.4, 0.5) is 0 Å². The maximum Gasteiger partial charge on any atom is 0.273 e. The molecular formula is C27H28Cl2N4O4S. The lowest BCUT2D eigenvalue weighted by atomic mass is 9.96. The summed E-state index contributed by atoms with van der Waals surface area (Å²) in [5, 5.41) is 5.48. The van der Waals surface area contributed by atoms with Crippen molar-refractivity contribution >= 4 is 44.9 Å². The van der Waals surface area contributed by atoms with E-state index in [1.807, 2.05) is 20.8 Å². The monoisotopic (exact) mass is 574 g/mol. The molecule has 0 fully saturated rings. The zero-order valence-electron chi connectivity index (χ0n) is 21.5. The summed E-state index contributed by atoms with van der Waals surface area (Å²) < 4.78 is 25.5. The van der Waals surface area contributed by atoms with Gasteiger partial charge in [0, 0.05) is 36.4 Å². The number of sulfone groups is 1. The van der Waals surface area contributed by atoms with Crippen LogP contribution in [-0.4, -0.2) is 58.7 Å². The Morgan fingerprint density at radius 1 is 1.05 bits per heavy atom. The summed E-state index contributed by atoms with van der Waals surface area (Å²) in [4.78, 5) is 31.1.